The van der Waals surface area contributed by atoms with E-state index in [1.54, 1.807) is 0 Å². The Labute approximate surface area is 82.7 Å². The normalized spacial score (nSPS) is 12.5. The molecule has 0 amide bonds. The fourth-order valence-corrected chi connectivity index (χ4v) is 1.84. The average Bonchev–Trinajstić information content (AvgIpc) is 1.84. The van der Waals surface area contributed by atoms with Gasteiger partial charge >= 0.3 is 0 Å². The van der Waals surface area contributed by atoms with Gasteiger partial charge in [-0.2, -0.15) is 12.6 Å². The van der Waals surface area contributed by atoms with Crippen molar-refractivity contribution < 1.29 is 0 Å². The second kappa shape index (κ2) is 5.87. The highest BCUT2D eigenvalue weighted by molar-refractivity contribution is 7.80. The van der Waals surface area contributed by atoms with Gasteiger partial charge in [0.2, 0.25) is 0 Å². The molecular formula is C10H23NS. The van der Waals surface area contributed by atoms with Crippen LogP contribution in [0.2, 0.25) is 0 Å². The van der Waals surface area contributed by atoms with Crippen LogP contribution in [0.5, 0.6) is 0 Å². The van der Waals surface area contributed by atoms with Gasteiger partial charge < -0.3 is 5.32 Å². The molecule has 0 unspecified atom stereocenters. The van der Waals surface area contributed by atoms with Crippen LogP contribution in [0.1, 0.15) is 34.1 Å². The van der Waals surface area contributed by atoms with E-state index in [1.807, 2.05) is 0 Å². The summed E-state index contributed by atoms with van der Waals surface area (Å²) in [4.78, 5) is 0. The van der Waals surface area contributed by atoms with Crippen molar-refractivity contribution in [3.63, 3.8) is 0 Å². The molecule has 0 aliphatic carbocycles. The monoisotopic (exact) mass is 189 g/mol. The van der Waals surface area contributed by atoms with Crippen molar-refractivity contribution in [2.24, 2.45) is 11.3 Å². The van der Waals surface area contributed by atoms with Gasteiger partial charge in [0.05, 0.1) is 0 Å². The first-order valence-corrected chi connectivity index (χ1v) is 5.43. The summed E-state index contributed by atoms with van der Waals surface area (Å²) in [7, 11) is 0. The molecule has 0 aromatic carbocycles. The van der Waals surface area contributed by atoms with Crippen molar-refractivity contribution in [2.75, 3.05) is 18.8 Å². The highest BCUT2D eigenvalue weighted by Crippen LogP contribution is 2.23. The second-order valence-electron chi connectivity index (χ2n) is 4.66. The van der Waals surface area contributed by atoms with Crippen LogP contribution in [0.25, 0.3) is 0 Å². The number of nitrogens with one attached hydrogen (secondary N) is 1. The van der Waals surface area contributed by atoms with Crippen LogP contribution in [-0.4, -0.2) is 18.8 Å². The maximum absolute atomic E-state index is 4.16. The summed E-state index contributed by atoms with van der Waals surface area (Å²) < 4.78 is 0. The SMILES string of the molecule is CC(C)CC(C)(C)CNCCS. The van der Waals surface area contributed by atoms with Crippen molar-refractivity contribution in [2.45, 2.75) is 34.1 Å². The van der Waals surface area contributed by atoms with Gasteiger partial charge in [0.15, 0.2) is 0 Å². The predicted molar refractivity (Wildman–Crippen MR) is 60.0 cm³/mol. The Morgan fingerprint density at radius 1 is 1.33 bits per heavy atom. The Bertz CT molecular complexity index is 110. The highest BCUT2D eigenvalue weighted by Gasteiger charge is 2.18. The molecule has 0 aromatic heterocycles. The largest absolute Gasteiger partial charge is 0.315 e. The summed E-state index contributed by atoms with van der Waals surface area (Å²) in [6, 6.07) is 0. The summed E-state index contributed by atoms with van der Waals surface area (Å²) in [5, 5.41) is 3.40. The molecule has 12 heavy (non-hydrogen) atoms. The lowest BCUT2D eigenvalue weighted by molar-refractivity contribution is 0.276. The molecule has 74 valence electrons. The van der Waals surface area contributed by atoms with Gasteiger partial charge in [0, 0.05) is 18.8 Å². The lowest BCUT2D eigenvalue weighted by Crippen LogP contribution is -2.31. The molecule has 0 rings (SSSR count). The van der Waals surface area contributed by atoms with Gasteiger partial charge in [-0.1, -0.05) is 27.7 Å². The van der Waals surface area contributed by atoms with Crippen molar-refractivity contribution in [1.29, 1.82) is 0 Å². The van der Waals surface area contributed by atoms with Gasteiger partial charge in [-0.15, -0.1) is 0 Å². The topological polar surface area (TPSA) is 12.0 Å². The van der Waals surface area contributed by atoms with E-state index in [2.05, 4.69) is 45.6 Å². The molecule has 0 spiro atoms. The van der Waals surface area contributed by atoms with E-state index in [1.165, 1.54) is 6.42 Å². The summed E-state index contributed by atoms with van der Waals surface area (Å²) >= 11 is 4.16. The number of hydrogen-bond donors (Lipinski definition) is 2. The van der Waals surface area contributed by atoms with Gasteiger partial charge in [-0.25, -0.2) is 0 Å². The lowest BCUT2D eigenvalue weighted by Gasteiger charge is -2.26. The summed E-state index contributed by atoms with van der Waals surface area (Å²) in [6.07, 6.45) is 1.28. The minimum atomic E-state index is 0.428. The average molecular weight is 189 g/mol. The third-order valence-electron chi connectivity index (χ3n) is 1.85. The van der Waals surface area contributed by atoms with Crippen LogP contribution in [0, 0.1) is 11.3 Å². The first kappa shape index (κ1) is 12.3. The Kier molecular flexibility index (Phi) is 6.02. The molecule has 2 heteroatoms. The molecule has 0 radical (unpaired) electrons. The van der Waals surface area contributed by atoms with Crippen LogP contribution < -0.4 is 5.32 Å². The van der Waals surface area contributed by atoms with Gasteiger partial charge in [-0.3, -0.25) is 0 Å². The molecule has 0 saturated carbocycles. The molecule has 0 aliphatic heterocycles. The van der Waals surface area contributed by atoms with E-state index >= 15 is 0 Å². The van der Waals surface area contributed by atoms with Crippen molar-refractivity contribution in [3.8, 4) is 0 Å². The first-order chi connectivity index (χ1) is 5.48. The second-order valence-corrected chi connectivity index (χ2v) is 5.11. The van der Waals surface area contributed by atoms with Crippen molar-refractivity contribution in [1.82, 2.24) is 5.32 Å². The predicted octanol–water partition coefficient (Wildman–Crippen LogP) is 2.58. The van der Waals surface area contributed by atoms with Gasteiger partial charge in [0.1, 0.15) is 0 Å². The van der Waals surface area contributed by atoms with Gasteiger partial charge in [0.25, 0.3) is 0 Å². The van der Waals surface area contributed by atoms with Crippen LogP contribution >= 0.6 is 12.6 Å². The van der Waals surface area contributed by atoms with E-state index < -0.39 is 0 Å². The van der Waals surface area contributed by atoms with Crippen LogP contribution in [0.4, 0.5) is 0 Å². The maximum atomic E-state index is 4.16. The van der Waals surface area contributed by atoms with Crippen molar-refractivity contribution >= 4 is 12.6 Å². The Balaban J connectivity index is 3.56. The fourth-order valence-electron chi connectivity index (χ4n) is 1.68. The molecule has 0 saturated heterocycles. The molecule has 1 N–H and O–H groups in total. The Morgan fingerprint density at radius 3 is 2.33 bits per heavy atom. The zero-order chi connectivity index (χ0) is 9.61. The number of hydrogen-bond acceptors (Lipinski definition) is 2. The van der Waals surface area contributed by atoms with E-state index in [9.17, 15) is 0 Å². The molecule has 1 nitrogen and oxygen atoms in total. The maximum Gasteiger partial charge on any atom is 0.00399 e. The van der Waals surface area contributed by atoms with Gasteiger partial charge in [-0.05, 0) is 17.8 Å². The Hall–Kier alpha value is 0.310. The first-order valence-electron chi connectivity index (χ1n) is 4.79. The van der Waals surface area contributed by atoms with Crippen molar-refractivity contribution in [3.05, 3.63) is 0 Å². The van der Waals surface area contributed by atoms with E-state index in [-0.39, 0.29) is 0 Å². The quantitative estimate of drug-likeness (QED) is 0.483. The standard InChI is InChI=1S/C10H23NS/c1-9(2)7-10(3,4)8-11-5-6-12/h9,11-12H,5-8H2,1-4H3. The third kappa shape index (κ3) is 6.99. The molecule has 0 aromatic rings. The number of thiol groups is 1. The molecule has 0 heterocycles. The smallest absolute Gasteiger partial charge is 0.00399 e. The number of rotatable bonds is 6. The Morgan fingerprint density at radius 2 is 1.92 bits per heavy atom. The zero-order valence-corrected chi connectivity index (χ0v) is 9.75. The molecule has 0 atom stereocenters. The molecule has 0 bridgehead atoms. The third-order valence-corrected chi connectivity index (χ3v) is 2.08. The fraction of sp³-hybridized carbons (Fsp3) is 1.00. The molecular weight excluding hydrogens is 166 g/mol. The van der Waals surface area contributed by atoms with Crippen LogP contribution in [0.15, 0.2) is 0 Å². The summed E-state index contributed by atoms with van der Waals surface area (Å²) in [5.41, 5.74) is 0.428. The highest BCUT2D eigenvalue weighted by atomic mass is 32.1. The van der Waals surface area contributed by atoms with Crippen LogP contribution in [-0.2, 0) is 0 Å². The zero-order valence-electron chi connectivity index (χ0n) is 8.85. The van der Waals surface area contributed by atoms with E-state index in [4.69, 9.17) is 0 Å². The minimum Gasteiger partial charge on any atom is -0.315 e. The lowest BCUT2D eigenvalue weighted by atomic mass is 9.84. The van der Waals surface area contributed by atoms with Crippen LogP contribution in [0.3, 0.4) is 0 Å². The van der Waals surface area contributed by atoms with E-state index in [0.717, 1.165) is 24.8 Å². The molecule has 0 aliphatic rings. The summed E-state index contributed by atoms with van der Waals surface area (Å²) in [6.45, 7) is 11.3. The van der Waals surface area contributed by atoms with E-state index in [0.29, 0.717) is 5.41 Å². The minimum absolute atomic E-state index is 0.428. The summed E-state index contributed by atoms with van der Waals surface area (Å²) in [5.74, 6) is 1.72. The molecule has 0 fully saturated rings.